The zero-order valence-electron chi connectivity index (χ0n) is 17.2. The van der Waals surface area contributed by atoms with Crippen LogP contribution in [0.3, 0.4) is 0 Å². The SMILES string of the molecule is CN1CC(O)CC2(CCN(C(=O)CCc3nc4ccc(F)cc4[nH]3)CC2)C1.O=CO. The van der Waals surface area contributed by atoms with Gasteiger partial charge in [-0.15, -0.1) is 0 Å². The number of aryl methyl sites for hydroxylation is 1. The highest BCUT2D eigenvalue weighted by Crippen LogP contribution is 2.39. The van der Waals surface area contributed by atoms with Gasteiger partial charge in [-0.05, 0) is 49.9 Å². The number of carbonyl (C=O) groups is 2. The first kappa shape index (κ1) is 22.2. The van der Waals surface area contributed by atoms with Crippen LogP contribution >= 0.6 is 0 Å². The van der Waals surface area contributed by atoms with Crippen LogP contribution in [-0.2, 0) is 16.0 Å². The van der Waals surface area contributed by atoms with Gasteiger partial charge in [-0.1, -0.05) is 0 Å². The number of hydrogen-bond donors (Lipinski definition) is 3. The van der Waals surface area contributed by atoms with Crippen LogP contribution in [0.1, 0.15) is 31.5 Å². The molecule has 1 spiro atoms. The molecule has 2 fully saturated rings. The molecule has 1 atom stereocenters. The monoisotopic (exact) mass is 420 g/mol. The summed E-state index contributed by atoms with van der Waals surface area (Å²) in [4.78, 5) is 32.6. The first-order chi connectivity index (χ1) is 14.3. The Morgan fingerprint density at radius 3 is 2.77 bits per heavy atom. The van der Waals surface area contributed by atoms with Crippen molar-refractivity contribution in [2.75, 3.05) is 33.2 Å². The van der Waals surface area contributed by atoms with Gasteiger partial charge in [-0.25, -0.2) is 9.37 Å². The maximum Gasteiger partial charge on any atom is 0.290 e. The highest BCUT2D eigenvalue weighted by Gasteiger charge is 2.41. The van der Waals surface area contributed by atoms with Crippen molar-refractivity contribution in [2.24, 2.45) is 5.41 Å². The molecule has 3 heterocycles. The lowest BCUT2D eigenvalue weighted by atomic mass is 9.71. The topological polar surface area (TPSA) is 110 Å². The maximum atomic E-state index is 13.3. The molecule has 1 aromatic carbocycles. The molecule has 8 nitrogen and oxygen atoms in total. The standard InChI is InChI=1S/C20H27FN4O2.CH2O2/c1-24-12-15(26)11-20(13-24)6-8-25(9-7-20)19(27)5-4-18-22-16-3-2-14(21)10-17(16)23-18;2-1-3/h2-3,10,15,26H,4-9,11-13H2,1H3,(H,22,23);1H,(H,2,3). The van der Waals surface area contributed by atoms with Crippen molar-refractivity contribution in [2.45, 2.75) is 38.2 Å². The van der Waals surface area contributed by atoms with Crippen molar-refractivity contribution in [1.82, 2.24) is 19.8 Å². The average Bonchev–Trinajstić information content (AvgIpc) is 3.08. The third-order valence-corrected chi connectivity index (χ3v) is 6.04. The van der Waals surface area contributed by atoms with E-state index >= 15 is 0 Å². The summed E-state index contributed by atoms with van der Waals surface area (Å²) >= 11 is 0. The van der Waals surface area contributed by atoms with Crippen LogP contribution < -0.4 is 0 Å². The van der Waals surface area contributed by atoms with Gasteiger partial charge in [0.25, 0.3) is 6.47 Å². The van der Waals surface area contributed by atoms with E-state index in [1.54, 1.807) is 6.07 Å². The smallest absolute Gasteiger partial charge is 0.290 e. The van der Waals surface area contributed by atoms with E-state index in [0.717, 1.165) is 56.8 Å². The van der Waals surface area contributed by atoms with Gasteiger partial charge in [0, 0.05) is 39.0 Å². The van der Waals surface area contributed by atoms with Gasteiger partial charge < -0.3 is 25.0 Å². The molecule has 9 heteroatoms. The second kappa shape index (κ2) is 9.53. The molecule has 1 amide bonds. The summed E-state index contributed by atoms with van der Waals surface area (Å²) in [6.45, 7) is 3.00. The predicted molar refractivity (Wildman–Crippen MR) is 109 cm³/mol. The molecule has 0 saturated carbocycles. The number of aromatic nitrogens is 2. The largest absolute Gasteiger partial charge is 0.483 e. The van der Waals surface area contributed by atoms with Gasteiger partial charge in [-0.2, -0.15) is 0 Å². The maximum absolute atomic E-state index is 13.3. The van der Waals surface area contributed by atoms with Crippen molar-refractivity contribution < 1.29 is 24.2 Å². The van der Waals surface area contributed by atoms with Crippen LogP contribution in [0.4, 0.5) is 4.39 Å². The molecule has 0 bridgehead atoms. The fourth-order valence-electron chi connectivity index (χ4n) is 4.76. The summed E-state index contributed by atoms with van der Waals surface area (Å²) in [7, 11) is 2.06. The van der Waals surface area contributed by atoms with Crippen molar-refractivity contribution in [3.05, 3.63) is 29.8 Å². The highest BCUT2D eigenvalue weighted by molar-refractivity contribution is 5.77. The van der Waals surface area contributed by atoms with Gasteiger partial charge in [0.2, 0.25) is 5.91 Å². The summed E-state index contributed by atoms with van der Waals surface area (Å²) in [5, 5.41) is 17.0. The quantitative estimate of drug-likeness (QED) is 0.652. The number of fused-ring (bicyclic) bond motifs is 1. The number of H-pyrrole nitrogens is 1. The number of piperidine rings is 2. The fourth-order valence-corrected chi connectivity index (χ4v) is 4.76. The minimum absolute atomic E-state index is 0.140. The lowest BCUT2D eigenvalue weighted by Crippen LogP contribution is -2.53. The molecular formula is C21H29FN4O4. The third kappa shape index (κ3) is 5.34. The Labute approximate surface area is 174 Å². The van der Waals surface area contributed by atoms with Crippen LogP contribution in [0.25, 0.3) is 11.0 Å². The van der Waals surface area contributed by atoms with Crippen LogP contribution in [0.15, 0.2) is 18.2 Å². The summed E-state index contributed by atoms with van der Waals surface area (Å²) in [5.74, 6) is 0.560. The average molecular weight is 420 g/mol. The highest BCUT2D eigenvalue weighted by atomic mass is 19.1. The first-order valence-electron chi connectivity index (χ1n) is 10.2. The molecule has 164 valence electrons. The zero-order valence-corrected chi connectivity index (χ0v) is 17.2. The fraction of sp³-hybridized carbons (Fsp3) is 0.571. The Balaban J connectivity index is 0.000000806. The summed E-state index contributed by atoms with van der Waals surface area (Å²) in [6.07, 6.45) is 3.41. The number of nitrogens with one attached hydrogen (secondary N) is 1. The minimum atomic E-state index is -0.297. The summed E-state index contributed by atoms with van der Waals surface area (Å²) in [5.41, 5.74) is 1.53. The number of benzene rings is 1. The minimum Gasteiger partial charge on any atom is -0.483 e. The van der Waals surface area contributed by atoms with Crippen LogP contribution in [0.2, 0.25) is 0 Å². The molecule has 0 radical (unpaired) electrons. The number of halogens is 1. The molecule has 3 N–H and O–H groups in total. The van der Waals surface area contributed by atoms with Crippen LogP contribution in [-0.4, -0.2) is 81.7 Å². The molecule has 4 rings (SSSR count). The number of carbonyl (C=O) groups excluding carboxylic acids is 1. The Morgan fingerprint density at radius 1 is 1.40 bits per heavy atom. The second-order valence-corrected chi connectivity index (χ2v) is 8.39. The number of β-amino-alcohol motifs (C(OH)–C–C–N with tert-alkyl or cyclic N) is 1. The number of rotatable bonds is 3. The number of amides is 1. The number of likely N-dealkylation sites (N-methyl/N-ethyl adjacent to an activating group) is 1. The number of imidazole rings is 1. The van der Waals surface area contributed by atoms with Crippen molar-refractivity contribution in [3.8, 4) is 0 Å². The lowest BCUT2D eigenvalue weighted by Gasteiger charge is -2.48. The van der Waals surface area contributed by atoms with Crippen molar-refractivity contribution >= 4 is 23.4 Å². The Morgan fingerprint density at radius 2 is 2.10 bits per heavy atom. The van der Waals surface area contributed by atoms with Gasteiger partial charge in [0.1, 0.15) is 11.6 Å². The second-order valence-electron chi connectivity index (χ2n) is 8.39. The van der Waals surface area contributed by atoms with E-state index in [1.807, 2.05) is 4.90 Å². The van der Waals surface area contributed by atoms with E-state index in [0.29, 0.717) is 18.4 Å². The summed E-state index contributed by atoms with van der Waals surface area (Å²) in [6, 6.07) is 4.46. The van der Waals surface area contributed by atoms with E-state index in [4.69, 9.17) is 9.90 Å². The zero-order chi connectivity index (χ0) is 21.7. The van der Waals surface area contributed by atoms with Crippen LogP contribution in [0, 0.1) is 11.2 Å². The van der Waals surface area contributed by atoms with Gasteiger partial charge >= 0.3 is 0 Å². The molecule has 2 aromatic rings. The van der Waals surface area contributed by atoms with E-state index in [-0.39, 0.29) is 29.7 Å². The lowest BCUT2D eigenvalue weighted by molar-refractivity contribution is -0.134. The molecule has 30 heavy (non-hydrogen) atoms. The van der Waals surface area contributed by atoms with Gasteiger partial charge in [0.15, 0.2) is 0 Å². The van der Waals surface area contributed by atoms with Crippen molar-refractivity contribution in [3.63, 3.8) is 0 Å². The number of likely N-dealkylation sites (tertiary alicyclic amines) is 2. The molecule has 1 unspecified atom stereocenters. The number of hydrogen-bond acceptors (Lipinski definition) is 5. The van der Waals surface area contributed by atoms with Gasteiger partial charge in [-0.3, -0.25) is 9.59 Å². The van der Waals surface area contributed by atoms with Crippen molar-refractivity contribution in [1.29, 1.82) is 0 Å². The normalized spacial score (nSPS) is 21.3. The van der Waals surface area contributed by atoms with E-state index in [1.165, 1.54) is 12.1 Å². The van der Waals surface area contributed by atoms with Gasteiger partial charge in [0.05, 0.1) is 17.1 Å². The Kier molecular flexibility index (Phi) is 7.04. The van der Waals surface area contributed by atoms with Crippen LogP contribution in [0.5, 0.6) is 0 Å². The third-order valence-electron chi connectivity index (χ3n) is 6.04. The molecular weight excluding hydrogens is 391 g/mol. The first-order valence-corrected chi connectivity index (χ1v) is 10.2. The number of carboxylic acid groups (broad SMARTS) is 1. The van der Waals surface area contributed by atoms with E-state index < -0.39 is 0 Å². The molecule has 1 aromatic heterocycles. The molecule has 2 saturated heterocycles. The van der Waals surface area contributed by atoms with E-state index in [2.05, 4.69) is 21.9 Å². The van der Waals surface area contributed by atoms with E-state index in [9.17, 15) is 14.3 Å². The summed E-state index contributed by atoms with van der Waals surface area (Å²) < 4.78 is 13.3. The molecule has 2 aliphatic heterocycles. The molecule has 2 aliphatic rings. The molecule has 0 aliphatic carbocycles. The predicted octanol–water partition coefficient (Wildman–Crippen LogP) is 1.64. The number of aromatic amines is 1. The number of aliphatic hydroxyl groups is 1. The number of nitrogens with zero attached hydrogens (tertiary/aromatic N) is 3. The Hall–Kier alpha value is -2.52. The Bertz CT molecular complexity index is 867. The number of aliphatic hydroxyl groups excluding tert-OH is 1.